The molecular formula is C16H27ClN2. The van der Waals surface area contributed by atoms with Gasteiger partial charge in [-0.05, 0) is 52.3 Å². The zero-order valence-corrected chi connectivity index (χ0v) is 13.5. The average Bonchev–Trinajstić information content (AvgIpc) is 2.33. The van der Waals surface area contributed by atoms with E-state index in [1.165, 1.54) is 5.56 Å². The molecule has 0 aliphatic carbocycles. The van der Waals surface area contributed by atoms with E-state index in [0.717, 1.165) is 18.1 Å². The van der Waals surface area contributed by atoms with Gasteiger partial charge in [0, 0.05) is 36.2 Å². The van der Waals surface area contributed by atoms with Crippen molar-refractivity contribution in [3.63, 3.8) is 0 Å². The van der Waals surface area contributed by atoms with Crippen molar-refractivity contribution >= 4 is 11.6 Å². The van der Waals surface area contributed by atoms with Gasteiger partial charge in [-0.15, -0.1) is 0 Å². The molecule has 0 bridgehead atoms. The first kappa shape index (κ1) is 16.5. The summed E-state index contributed by atoms with van der Waals surface area (Å²) in [5.41, 5.74) is 1.24. The highest BCUT2D eigenvalue weighted by Gasteiger charge is 2.13. The van der Waals surface area contributed by atoms with Gasteiger partial charge < -0.3 is 5.32 Å². The maximum Gasteiger partial charge on any atom is 0.0409 e. The number of hydrogen-bond donors (Lipinski definition) is 1. The molecule has 1 aromatic rings. The van der Waals surface area contributed by atoms with Crippen LogP contribution in [-0.4, -0.2) is 30.1 Å². The molecule has 108 valence electrons. The Morgan fingerprint density at radius 1 is 1.11 bits per heavy atom. The molecule has 2 nitrogen and oxygen atoms in total. The van der Waals surface area contributed by atoms with E-state index in [1.807, 2.05) is 18.2 Å². The minimum Gasteiger partial charge on any atom is -0.309 e. The Labute approximate surface area is 123 Å². The maximum absolute atomic E-state index is 6.02. The summed E-state index contributed by atoms with van der Waals surface area (Å²) in [4.78, 5) is 2.50. The number of benzene rings is 1. The van der Waals surface area contributed by atoms with Crippen molar-refractivity contribution in [3.05, 3.63) is 34.9 Å². The lowest BCUT2D eigenvalue weighted by molar-refractivity contribution is 0.174. The van der Waals surface area contributed by atoms with Gasteiger partial charge in [0.2, 0.25) is 0 Å². The number of nitrogens with zero attached hydrogens (tertiary/aromatic N) is 1. The van der Waals surface area contributed by atoms with Gasteiger partial charge in [0.1, 0.15) is 0 Å². The molecule has 1 atom stereocenters. The van der Waals surface area contributed by atoms with Crippen LogP contribution in [-0.2, 0) is 0 Å². The Morgan fingerprint density at radius 2 is 1.74 bits per heavy atom. The van der Waals surface area contributed by atoms with Gasteiger partial charge in [-0.1, -0.05) is 23.7 Å². The monoisotopic (exact) mass is 282 g/mol. The summed E-state index contributed by atoms with van der Waals surface area (Å²) >= 11 is 6.02. The summed E-state index contributed by atoms with van der Waals surface area (Å²) in [5, 5.41) is 4.37. The van der Waals surface area contributed by atoms with Crippen molar-refractivity contribution in [2.24, 2.45) is 0 Å². The third-order valence-corrected chi connectivity index (χ3v) is 3.73. The molecule has 19 heavy (non-hydrogen) atoms. The summed E-state index contributed by atoms with van der Waals surface area (Å²) in [5.74, 6) is 0. The van der Waals surface area contributed by atoms with Gasteiger partial charge in [-0.2, -0.15) is 0 Å². The van der Waals surface area contributed by atoms with Crippen molar-refractivity contribution in [2.45, 2.75) is 52.7 Å². The summed E-state index contributed by atoms with van der Waals surface area (Å²) in [6.45, 7) is 13.2. The molecule has 0 heterocycles. The van der Waals surface area contributed by atoms with E-state index in [2.05, 4.69) is 50.9 Å². The first-order chi connectivity index (χ1) is 8.91. The van der Waals surface area contributed by atoms with Crippen molar-refractivity contribution in [2.75, 3.05) is 13.1 Å². The van der Waals surface area contributed by atoms with Crippen molar-refractivity contribution in [1.82, 2.24) is 10.2 Å². The van der Waals surface area contributed by atoms with Crippen LogP contribution >= 0.6 is 11.6 Å². The van der Waals surface area contributed by atoms with Gasteiger partial charge in [0.15, 0.2) is 0 Å². The fraction of sp³-hybridized carbons (Fsp3) is 0.625. The number of nitrogens with one attached hydrogen (secondary N) is 1. The zero-order chi connectivity index (χ0) is 14.4. The molecular weight excluding hydrogens is 256 g/mol. The fourth-order valence-corrected chi connectivity index (χ4v) is 2.62. The lowest BCUT2D eigenvalue weighted by Crippen LogP contribution is -2.41. The summed E-state index contributed by atoms with van der Waals surface area (Å²) in [6, 6.07) is 9.57. The molecule has 0 aromatic heterocycles. The first-order valence-corrected chi connectivity index (χ1v) is 7.54. The highest BCUT2D eigenvalue weighted by atomic mass is 35.5. The number of rotatable bonds is 7. The highest BCUT2D eigenvalue weighted by molar-refractivity contribution is 6.30. The molecule has 0 saturated carbocycles. The van der Waals surface area contributed by atoms with Crippen LogP contribution in [0.2, 0.25) is 5.02 Å². The van der Waals surface area contributed by atoms with Crippen LogP contribution in [0.5, 0.6) is 0 Å². The van der Waals surface area contributed by atoms with E-state index >= 15 is 0 Å². The molecule has 0 aliphatic heterocycles. The molecule has 0 amide bonds. The fourth-order valence-electron chi connectivity index (χ4n) is 2.42. The topological polar surface area (TPSA) is 15.3 Å². The quantitative estimate of drug-likeness (QED) is 0.810. The van der Waals surface area contributed by atoms with Gasteiger partial charge in [-0.25, -0.2) is 0 Å². The summed E-state index contributed by atoms with van der Waals surface area (Å²) in [7, 11) is 0. The highest BCUT2D eigenvalue weighted by Crippen LogP contribution is 2.17. The lowest BCUT2D eigenvalue weighted by Gasteiger charge is -2.31. The third-order valence-electron chi connectivity index (χ3n) is 3.50. The molecule has 0 fully saturated rings. The molecule has 0 aliphatic rings. The average molecular weight is 283 g/mol. The predicted molar refractivity (Wildman–Crippen MR) is 84.8 cm³/mol. The zero-order valence-electron chi connectivity index (χ0n) is 12.8. The predicted octanol–water partition coefficient (Wildman–Crippen LogP) is 4.11. The normalized spacial score (nSPS) is 13.5. The second-order valence-corrected chi connectivity index (χ2v) is 6.09. The van der Waals surface area contributed by atoms with Gasteiger partial charge in [0.05, 0.1) is 0 Å². The molecule has 0 saturated heterocycles. The molecule has 0 radical (unpaired) electrons. The first-order valence-electron chi connectivity index (χ1n) is 7.16. The smallest absolute Gasteiger partial charge is 0.0409 e. The molecule has 1 rings (SSSR count). The lowest BCUT2D eigenvalue weighted by atomic mass is 10.1. The van der Waals surface area contributed by atoms with Gasteiger partial charge >= 0.3 is 0 Å². The Hall–Kier alpha value is -0.570. The summed E-state index contributed by atoms with van der Waals surface area (Å²) in [6.07, 6.45) is 0. The standard InChI is InChI=1S/C16H27ClN2/c1-12(2)19(13(3)4)10-9-18-14(5)15-7-6-8-16(17)11-15/h6-8,11-14,18H,9-10H2,1-5H3. The Kier molecular flexibility index (Phi) is 6.84. The van der Waals surface area contributed by atoms with E-state index in [-0.39, 0.29) is 0 Å². The SMILES string of the molecule is CC(NCCN(C(C)C)C(C)C)c1cccc(Cl)c1. The molecule has 1 N–H and O–H groups in total. The van der Waals surface area contributed by atoms with Crippen molar-refractivity contribution < 1.29 is 0 Å². The minimum atomic E-state index is 0.333. The number of hydrogen-bond acceptors (Lipinski definition) is 2. The van der Waals surface area contributed by atoms with Crippen LogP contribution in [0.1, 0.15) is 46.2 Å². The van der Waals surface area contributed by atoms with Crippen LogP contribution in [0.3, 0.4) is 0 Å². The Bertz CT molecular complexity index is 369. The Balaban J connectivity index is 2.44. The summed E-state index contributed by atoms with van der Waals surface area (Å²) < 4.78 is 0. The number of halogens is 1. The Morgan fingerprint density at radius 3 is 2.26 bits per heavy atom. The third kappa shape index (κ3) is 5.52. The molecule has 0 spiro atoms. The van der Waals surface area contributed by atoms with Crippen LogP contribution in [0.4, 0.5) is 0 Å². The second kappa shape index (κ2) is 7.88. The van der Waals surface area contributed by atoms with E-state index < -0.39 is 0 Å². The molecule has 1 aromatic carbocycles. The van der Waals surface area contributed by atoms with E-state index in [0.29, 0.717) is 18.1 Å². The maximum atomic E-state index is 6.02. The van der Waals surface area contributed by atoms with Crippen LogP contribution in [0.25, 0.3) is 0 Å². The van der Waals surface area contributed by atoms with Crippen LogP contribution in [0.15, 0.2) is 24.3 Å². The van der Waals surface area contributed by atoms with Gasteiger partial charge in [-0.3, -0.25) is 4.90 Å². The van der Waals surface area contributed by atoms with E-state index in [4.69, 9.17) is 11.6 Å². The largest absolute Gasteiger partial charge is 0.309 e. The second-order valence-electron chi connectivity index (χ2n) is 5.66. The minimum absolute atomic E-state index is 0.333. The van der Waals surface area contributed by atoms with E-state index in [1.54, 1.807) is 0 Å². The van der Waals surface area contributed by atoms with Crippen LogP contribution in [0, 0.1) is 0 Å². The molecule has 1 unspecified atom stereocenters. The van der Waals surface area contributed by atoms with Crippen molar-refractivity contribution in [3.8, 4) is 0 Å². The van der Waals surface area contributed by atoms with E-state index in [9.17, 15) is 0 Å². The van der Waals surface area contributed by atoms with Crippen molar-refractivity contribution in [1.29, 1.82) is 0 Å². The van der Waals surface area contributed by atoms with Crippen LogP contribution < -0.4 is 5.32 Å². The van der Waals surface area contributed by atoms with Gasteiger partial charge in [0.25, 0.3) is 0 Å². The molecule has 3 heteroatoms.